The van der Waals surface area contributed by atoms with Crippen molar-refractivity contribution >= 4 is 23.4 Å². The lowest BCUT2D eigenvalue weighted by Gasteiger charge is -2.40. The largest absolute Gasteiger partial charge is 0.353 e. The second kappa shape index (κ2) is 8.26. The number of nitrogens with zero attached hydrogens (tertiary/aromatic N) is 4. The fourth-order valence-corrected chi connectivity index (χ4v) is 4.88. The van der Waals surface area contributed by atoms with E-state index in [1.807, 2.05) is 30.0 Å². The van der Waals surface area contributed by atoms with E-state index in [0.717, 1.165) is 56.6 Å². The number of aromatic nitrogens is 2. The summed E-state index contributed by atoms with van der Waals surface area (Å²) in [4.78, 5) is 17.5. The molecular weight excluding hydrogens is 417 g/mol. The monoisotopic (exact) mass is 443 g/mol. The highest BCUT2D eigenvalue weighted by atomic mass is 35.5. The van der Waals surface area contributed by atoms with Gasteiger partial charge >= 0.3 is 6.03 Å². The topological polar surface area (TPSA) is 61.4 Å². The standard InChI is InChI=1S/C23H27ClFN5O/c1-14-10-17(20(25)12-19(14)24)18-11-21(18)27-23(31)30(15-6-7-15)16-4-3-9-29(13-16)22-5-2-8-26-28-22/h2,5,8,10,12,15-16,18,21H,3-4,6-7,9,11,13H2,1H3,(H,27,31)/t16-,18+,21-/m1/s1. The van der Waals surface area contributed by atoms with Gasteiger partial charge in [-0.1, -0.05) is 17.7 Å². The molecule has 0 spiro atoms. The van der Waals surface area contributed by atoms with E-state index in [0.29, 0.717) is 16.6 Å². The molecule has 5 rings (SSSR count). The van der Waals surface area contributed by atoms with Crippen LogP contribution in [0.15, 0.2) is 30.5 Å². The predicted molar refractivity (Wildman–Crippen MR) is 118 cm³/mol. The van der Waals surface area contributed by atoms with E-state index >= 15 is 0 Å². The Morgan fingerprint density at radius 3 is 2.87 bits per heavy atom. The summed E-state index contributed by atoms with van der Waals surface area (Å²) in [6.45, 7) is 3.57. The first-order valence-corrected chi connectivity index (χ1v) is 11.5. The van der Waals surface area contributed by atoms with Gasteiger partial charge in [-0.25, -0.2) is 9.18 Å². The highest BCUT2D eigenvalue weighted by Crippen LogP contribution is 2.43. The predicted octanol–water partition coefficient (Wildman–Crippen LogP) is 4.28. The zero-order valence-electron chi connectivity index (χ0n) is 17.6. The second-order valence-corrected chi connectivity index (χ2v) is 9.39. The molecule has 0 radical (unpaired) electrons. The maximum absolute atomic E-state index is 14.4. The highest BCUT2D eigenvalue weighted by Gasteiger charge is 2.45. The number of amides is 2. The summed E-state index contributed by atoms with van der Waals surface area (Å²) in [7, 11) is 0. The molecule has 6 nitrogen and oxygen atoms in total. The molecule has 1 aliphatic heterocycles. The van der Waals surface area contributed by atoms with Crippen molar-refractivity contribution in [1.29, 1.82) is 0 Å². The SMILES string of the molecule is Cc1cc([C@@H]2C[C@H]2NC(=O)N(C2CC2)[C@@H]2CCCN(c3cccnn3)C2)c(F)cc1Cl. The van der Waals surface area contributed by atoms with Crippen molar-refractivity contribution in [2.24, 2.45) is 0 Å². The number of nitrogens with one attached hydrogen (secondary N) is 1. The van der Waals surface area contributed by atoms with Gasteiger partial charge in [-0.2, -0.15) is 5.10 Å². The maximum Gasteiger partial charge on any atom is 0.318 e. The van der Waals surface area contributed by atoms with Crippen LogP contribution in [-0.2, 0) is 0 Å². The van der Waals surface area contributed by atoms with Crippen molar-refractivity contribution in [2.75, 3.05) is 18.0 Å². The van der Waals surface area contributed by atoms with E-state index in [9.17, 15) is 9.18 Å². The van der Waals surface area contributed by atoms with E-state index in [1.165, 1.54) is 6.07 Å². The molecule has 1 N–H and O–H groups in total. The fourth-order valence-electron chi connectivity index (χ4n) is 4.73. The molecule has 164 valence electrons. The zero-order valence-corrected chi connectivity index (χ0v) is 18.4. The molecule has 2 aromatic rings. The lowest BCUT2D eigenvalue weighted by molar-refractivity contribution is 0.160. The third-order valence-electron chi connectivity index (χ3n) is 6.62. The summed E-state index contributed by atoms with van der Waals surface area (Å²) >= 11 is 6.03. The Labute approximate surface area is 186 Å². The van der Waals surface area contributed by atoms with Crippen molar-refractivity contribution in [3.8, 4) is 0 Å². The van der Waals surface area contributed by atoms with Gasteiger partial charge in [0.15, 0.2) is 5.82 Å². The lowest BCUT2D eigenvalue weighted by atomic mass is 10.0. The molecule has 0 bridgehead atoms. The van der Waals surface area contributed by atoms with Crippen LogP contribution in [0.4, 0.5) is 15.0 Å². The first-order valence-electron chi connectivity index (χ1n) is 11.1. The van der Waals surface area contributed by atoms with Crippen LogP contribution in [0, 0.1) is 12.7 Å². The Morgan fingerprint density at radius 1 is 1.29 bits per heavy atom. The number of aryl methyl sites for hydroxylation is 1. The molecule has 2 amide bonds. The minimum atomic E-state index is -0.289. The van der Waals surface area contributed by atoms with Gasteiger partial charge in [-0.3, -0.25) is 0 Å². The number of anilines is 1. The Kier molecular flexibility index (Phi) is 5.46. The summed E-state index contributed by atoms with van der Waals surface area (Å²) in [6, 6.07) is 7.45. The van der Waals surface area contributed by atoms with Gasteiger partial charge in [0, 0.05) is 42.3 Å². The third kappa shape index (κ3) is 4.33. The summed E-state index contributed by atoms with van der Waals surface area (Å²) < 4.78 is 14.4. The minimum Gasteiger partial charge on any atom is -0.353 e. The van der Waals surface area contributed by atoms with Crippen molar-refractivity contribution in [1.82, 2.24) is 20.4 Å². The van der Waals surface area contributed by atoms with Crippen LogP contribution < -0.4 is 10.2 Å². The molecule has 2 heterocycles. The number of rotatable bonds is 5. The van der Waals surface area contributed by atoms with E-state index in [-0.39, 0.29) is 29.8 Å². The third-order valence-corrected chi connectivity index (χ3v) is 7.03. The Balaban J connectivity index is 1.25. The van der Waals surface area contributed by atoms with Gasteiger partial charge < -0.3 is 15.1 Å². The average molecular weight is 444 g/mol. The smallest absolute Gasteiger partial charge is 0.318 e. The Morgan fingerprint density at radius 2 is 2.13 bits per heavy atom. The van der Waals surface area contributed by atoms with Gasteiger partial charge in [0.1, 0.15) is 5.82 Å². The Hall–Kier alpha value is -2.41. The molecule has 1 aromatic carbocycles. The van der Waals surface area contributed by atoms with Gasteiger partial charge in [0.2, 0.25) is 0 Å². The number of benzene rings is 1. The summed E-state index contributed by atoms with van der Waals surface area (Å²) in [6.07, 6.45) is 6.53. The maximum atomic E-state index is 14.4. The molecule has 1 saturated heterocycles. The van der Waals surface area contributed by atoms with Crippen molar-refractivity contribution < 1.29 is 9.18 Å². The van der Waals surface area contributed by atoms with Gasteiger partial charge in [0.25, 0.3) is 0 Å². The molecule has 3 atom stereocenters. The van der Waals surface area contributed by atoms with Crippen LogP contribution in [-0.4, -0.2) is 52.3 Å². The number of piperidine rings is 1. The minimum absolute atomic E-state index is 0.0171. The number of hydrogen-bond donors (Lipinski definition) is 1. The summed E-state index contributed by atoms with van der Waals surface area (Å²) in [5.41, 5.74) is 1.51. The van der Waals surface area contributed by atoms with Crippen LogP contribution in [0.3, 0.4) is 0 Å². The Bertz CT molecular complexity index is 970. The van der Waals surface area contributed by atoms with Crippen molar-refractivity contribution in [3.05, 3.63) is 52.4 Å². The molecule has 0 unspecified atom stereocenters. The average Bonchev–Trinajstić information content (AvgIpc) is 3.69. The number of carbonyl (C=O) groups is 1. The normalized spacial score (nSPS) is 25.3. The van der Waals surface area contributed by atoms with Crippen LogP contribution >= 0.6 is 11.6 Å². The molecule has 31 heavy (non-hydrogen) atoms. The highest BCUT2D eigenvalue weighted by molar-refractivity contribution is 6.31. The molecule has 2 aliphatic carbocycles. The second-order valence-electron chi connectivity index (χ2n) is 8.98. The molecule has 3 aliphatic rings. The molecular formula is C23H27ClFN5O. The van der Waals surface area contributed by atoms with Crippen molar-refractivity contribution in [3.63, 3.8) is 0 Å². The number of carbonyl (C=O) groups excluding carboxylic acids is 1. The molecule has 1 aromatic heterocycles. The van der Waals surface area contributed by atoms with Gasteiger partial charge in [0.05, 0.1) is 6.04 Å². The fraction of sp³-hybridized carbons (Fsp3) is 0.522. The van der Waals surface area contributed by atoms with Crippen LogP contribution in [0.2, 0.25) is 5.02 Å². The molecule has 8 heteroatoms. The zero-order chi connectivity index (χ0) is 21.5. The quantitative estimate of drug-likeness (QED) is 0.749. The molecule has 2 saturated carbocycles. The van der Waals surface area contributed by atoms with Crippen molar-refractivity contribution in [2.45, 2.75) is 63.1 Å². The summed E-state index contributed by atoms with van der Waals surface area (Å²) in [5, 5.41) is 11.8. The number of halogens is 2. The van der Waals surface area contributed by atoms with Crippen LogP contribution in [0.1, 0.15) is 49.1 Å². The first kappa shape index (κ1) is 20.5. The lowest BCUT2D eigenvalue weighted by Crippen LogP contribution is -2.54. The van der Waals surface area contributed by atoms with Gasteiger partial charge in [-0.15, -0.1) is 5.10 Å². The summed E-state index contributed by atoms with van der Waals surface area (Å²) in [5.74, 6) is 0.589. The van der Waals surface area contributed by atoms with E-state index in [2.05, 4.69) is 20.4 Å². The first-order chi connectivity index (χ1) is 15.0. The number of urea groups is 1. The number of hydrogen-bond acceptors (Lipinski definition) is 4. The van der Waals surface area contributed by atoms with E-state index in [1.54, 1.807) is 6.20 Å². The van der Waals surface area contributed by atoms with Crippen LogP contribution in [0.5, 0.6) is 0 Å². The van der Waals surface area contributed by atoms with E-state index < -0.39 is 0 Å². The van der Waals surface area contributed by atoms with Gasteiger partial charge in [-0.05, 0) is 68.4 Å². The van der Waals surface area contributed by atoms with E-state index in [4.69, 9.17) is 11.6 Å². The van der Waals surface area contributed by atoms with Crippen LogP contribution in [0.25, 0.3) is 0 Å². The molecule has 3 fully saturated rings.